The zero-order valence-corrected chi connectivity index (χ0v) is 14.4. The maximum atomic E-state index is 12.5. The lowest BCUT2D eigenvalue weighted by Gasteiger charge is -2.30. The molecule has 0 atom stereocenters. The van der Waals surface area contributed by atoms with E-state index >= 15 is 0 Å². The second-order valence-electron chi connectivity index (χ2n) is 6.54. The smallest absolute Gasteiger partial charge is 0.234 e. The van der Waals surface area contributed by atoms with Gasteiger partial charge in [-0.15, -0.1) is 0 Å². The van der Waals surface area contributed by atoms with E-state index in [9.17, 15) is 9.59 Å². The fourth-order valence-corrected chi connectivity index (χ4v) is 3.25. The summed E-state index contributed by atoms with van der Waals surface area (Å²) in [6.07, 6.45) is 1.64. The van der Waals surface area contributed by atoms with Crippen molar-refractivity contribution in [2.24, 2.45) is 5.92 Å². The van der Waals surface area contributed by atoms with Crippen molar-refractivity contribution in [3.63, 3.8) is 0 Å². The predicted molar refractivity (Wildman–Crippen MR) is 98.2 cm³/mol. The molecule has 0 aromatic heterocycles. The molecule has 1 aliphatic rings. The molecule has 1 N–H and O–H groups in total. The summed E-state index contributed by atoms with van der Waals surface area (Å²) in [5, 5.41) is 2.96. The Bertz CT molecular complexity index is 692. The van der Waals surface area contributed by atoms with Gasteiger partial charge >= 0.3 is 0 Å². The summed E-state index contributed by atoms with van der Waals surface area (Å²) in [6, 6.07) is 19.4. The van der Waals surface area contributed by atoms with Gasteiger partial charge in [-0.3, -0.25) is 14.5 Å². The van der Waals surface area contributed by atoms with Crippen LogP contribution in [0.5, 0.6) is 0 Å². The Hall–Kier alpha value is -2.46. The van der Waals surface area contributed by atoms with E-state index in [0.29, 0.717) is 13.1 Å². The predicted octanol–water partition coefficient (Wildman–Crippen LogP) is 2.90. The first-order chi connectivity index (χ1) is 12.2. The van der Waals surface area contributed by atoms with Gasteiger partial charge in [0.15, 0.2) is 5.78 Å². The van der Waals surface area contributed by atoms with Gasteiger partial charge in [-0.25, -0.2) is 0 Å². The number of Topliss-reactive ketones (excluding diaryl/α,β-unsaturated/α-hetero) is 1. The van der Waals surface area contributed by atoms with Gasteiger partial charge in [-0.2, -0.15) is 0 Å². The summed E-state index contributed by atoms with van der Waals surface area (Å²) in [5.41, 5.74) is 1.89. The molecule has 0 aliphatic carbocycles. The molecule has 1 amide bonds. The minimum absolute atomic E-state index is 0.0386. The average Bonchev–Trinajstić information content (AvgIpc) is 2.68. The van der Waals surface area contributed by atoms with Crippen LogP contribution < -0.4 is 5.32 Å². The van der Waals surface area contributed by atoms with Crippen LogP contribution in [0.2, 0.25) is 0 Å². The van der Waals surface area contributed by atoms with E-state index in [1.165, 1.54) is 0 Å². The third-order valence-corrected chi connectivity index (χ3v) is 4.72. The van der Waals surface area contributed by atoms with Crippen LogP contribution in [0.15, 0.2) is 60.7 Å². The SMILES string of the molecule is O=C(CN1CCC(C(=O)c2ccccc2)CC1)NCc1ccccc1. The van der Waals surface area contributed by atoms with Crippen LogP contribution in [0, 0.1) is 5.92 Å². The van der Waals surface area contributed by atoms with Crippen LogP contribution in [0.1, 0.15) is 28.8 Å². The van der Waals surface area contributed by atoms with Crippen molar-refractivity contribution >= 4 is 11.7 Å². The highest BCUT2D eigenvalue weighted by molar-refractivity contribution is 5.97. The van der Waals surface area contributed by atoms with Crippen molar-refractivity contribution in [2.45, 2.75) is 19.4 Å². The van der Waals surface area contributed by atoms with Gasteiger partial charge < -0.3 is 5.32 Å². The molecule has 2 aromatic rings. The summed E-state index contributed by atoms with van der Waals surface area (Å²) < 4.78 is 0. The van der Waals surface area contributed by atoms with Crippen LogP contribution in [0.25, 0.3) is 0 Å². The minimum Gasteiger partial charge on any atom is -0.351 e. The quantitative estimate of drug-likeness (QED) is 0.825. The third kappa shape index (κ3) is 5.00. The van der Waals surface area contributed by atoms with E-state index in [0.717, 1.165) is 37.1 Å². The molecule has 0 bridgehead atoms. The number of nitrogens with one attached hydrogen (secondary N) is 1. The molecule has 3 rings (SSSR count). The Balaban J connectivity index is 1.41. The standard InChI is InChI=1S/C21H24N2O2/c24-20(22-15-17-7-3-1-4-8-17)16-23-13-11-19(12-14-23)21(25)18-9-5-2-6-10-18/h1-10,19H,11-16H2,(H,22,24). The second kappa shape index (κ2) is 8.58. The van der Waals surface area contributed by atoms with Gasteiger partial charge in [-0.1, -0.05) is 60.7 Å². The topological polar surface area (TPSA) is 49.4 Å². The molecule has 1 fully saturated rings. The number of piperidine rings is 1. The second-order valence-corrected chi connectivity index (χ2v) is 6.54. The summed E-state index contributed by atoms with van der Waals surface area (Å²) >= 11 is 0. The first-order valence-corrected chi connectivity index (χ1v) is 8.84. The number of carbonyl (C=O) groups is 2. The monoisotopic (exact) mass is 336 g/mol. The van der Waals surface area contributed by atoms with Gasteiger partial charge in [0.25, 0.3) is 0 Å². The molecule has 130 valence electrons. The molecule has 2 aromatic carbocycles. The van der Waals surface area contributed by atoms with Crippen LogP contribution >= 0.6 is 0 Å². The largest absolute Gasteiger partial charge is 0.351 e. The number of benzene rings is 2. The van der Waals surface area contributed by atoms with Gasteiger partial charge in [0.05, 0.1) is 6.54 Å². The number of likely N-dealkylation sites (tertiary alicyclic amines) is 1. The molecule has 25 heavy (non-hydrogen) atoms. The van der Waals surface area contributed by atoms with Crippen molar-refractivity contribution in [1.29, 1.82) is 0 Å². The van der Waals surface area contributed by atoms with Crippen LogP contribution in [0.3, 0.4) is 0 Å². The van der Waals surface area contributed by atoms with E-state index in [1.54, 1.807) is 0 Å². The van der Waals surface area contributed by atoms with Crippen LogP contribution in [-0.2, 0) is 11.3 Å². The maximum absolute atomic E-state index is 12.5. The average molecular weight is 336 g/mol. The van der Waals surface area contributed by atoms with Gasteiger partial charge in [0.1, 0.15) is 0 Å². The fraction of sp³-hybridized carbons (Fsp3) is 0.333. The van der Waals surface area contributed by atoms with Crippen molar-refractivity contribution in [3.05, 3.63) is 71.8 Å². The summed E-state index contributed by atoms with van der Waals surface area (Å²) in [6.45, 7) is 2.55. The molecule has 4 nitrogen and oxygen atoms in total. The summed E-state index contributed by atoms with van der Waals surface area (Å²) in [5.74, 6) is 0.344. The first-order valence-electron chi connectivity index (χ1n) is 8.84. The molecule has 1 heterocycles. The fourth-order valence-electron chi connectivity index (χ4n) is 3.25. The number of nitrogens with zero attached hydrogens (tertiary/aromatic N) is 1. The lowest BCUT2D eigenvalue weighted by atomic mass is 9.89. The number of carbonyl (C=O) groups excluding carboxylic acids is 2. The third-order valence-electron chi connectivity index (χ3n) is 4.72. The summed E-state index contributed by atoms with van der Waals surface area (Å²) in [4.78, 5) is 26.7. The van der Waals surface area contributed by atoms with Crippen LogP contribution in [0.4, 0.5) is 0 Å². The normalized spacial score (nSPS) is 15.7. The Labute approximate surface area is 148 Å². The van der Waals surface area contributed by atoms with Crippen molar-refractivity contribution < 1.29 is 9.59 Å². The molecular weight excluding hydrogens is 312 g/mol. The Morgan fingerprint density at radius 1 is 0.920 bits per heavy atom. The zero-order valence-electron chi connectivity index (χ0n) is 14.4. The Morgan fingerprint density at radius 3 is 2.16 bits per heavy atom. The highest BCUT2D eigenvalue weighted by atomic mass is 16.2. The molecule has 1 aliphatic heterocycles. The van der Waals surface area contributed by atoms with E-state index in [-0.39, 0.29) is 17.6 Å². The highest BCUT2D eigenvalue weighted by Gasteiger charge is 2.26. The summed E-state index contributed by atoms with van der Waals surface area (Å²) in [7, 11) is 0. The number of hydrogen-bond donors (Lipinski definition) is 1. The minimum atomic E-state index is 0.0386. The van der Waals surface area contributed by atoms with E-state index in [4.69, 9.17) is 0 Å². The maximum Gasteiger partial charge on any atom is 0.234 e. The van der Waals surface area contributed by atoms with Crippen molar-refractivity contribution in [2.75, 3.05) is 19.6 Å². The van der Waals surface area contributed by atoms with Gasteiger partial charge in [0, 0.05) is 18.0 Å². The van der Waals surface area contributed by atoms with E-state index < -0.39 is 0 Å². The molecule has 0 spiro atoms. The van der Waals surface area contributed by atoms with Gasteiger partial charge in [0.2, 0.25) is 5.91 Å². The lowest BCUT2D eigenvalue weighted by molar-refractivity contribution is -0.122. The molecule has 4 heteroatoms. The van der Waals surface area contributed by atoms with Crippen molar-refractivity contribution in [3.8, 4) is 0 Å². The van der Waals surface area contributed by atoms with E-state index in [1.807, 2.05) is 60.7 Å². The molecule has 1 saturated heterocycles. The molecule has 0 saturated carbocycles. The number of amides is 1. The van der Waals surface area contributed by atoms with E-state index in [2.05, 4.69) is 10.2 Å². The Morgan fingerprint density at radius 2 is 1.52 bits per heavy atom. The van der Waals surface area contributed by atoms with Crippen molar-refractivity contribution in [1.82, 2.24) is 10.2 Å². The van der Waals surface area contributed by atoms with Gasteiger partial charge in [-0.05, 0) is 31.5 Å². The lowest BCUT2D eigenvalue weighted by Crippen LogP contribution is -2.42. The number of ketones is 1. The Kier molecular flexibility index (Phi) is 5.96. The number of rotatable bonds is 6. The first kappa shape index (κ1) is 17.4. The molecule has 0 unspecified atom stereocenters. The molecule has 0 radical (unpaired) electrons. The highest BCUT2D eigenvalue weighted by Crippen LogP contribution is 2.21. The number of hydrogen-bond acceptors (Lipinski definition) is 3. The molecular formula is C21H24N2O2. The van der Waals surface area contributed by atoms with Crippen LogP contribution in [-0.4, -0.2) is 36.2 Å². The zero-order chi connectivity index (χ0) is 17.5.